The molecule has 0 unspecified atom stereocenters. The molecule has 1 fully saturated rings. The molecule has 2 aliphatic rings. The zero-order chi connectivity index (χ0) is 22.7. The number of ketones is 1. The molecular weight excluding hydrogens is 416 g/mol. The summed E-state index contributed by atoms with van der Waals surface area (Å²) >= 11 is 0. The van der Waals surface area contributed by atoms with E-state index in [2.05, 4.69) is 5.32 Å². The van der Waals surface area contributed by atoms with Crippen molar-refractivity contribution in [3.05, 3.63) is 41.3 Å². The molecule has 1 aromatic heterocycles. The number of furan rings is 1. The van der Waals surface area contributed by atoms with Gasteiger partial charge in [-0.1, -0.05) is 0 Å². The number of rotatable bonds is 7. The molecule has 2 aromatic rings. The number of carbonyl (C=O) groups excluding carboxylic acids is 3. The van der Waals surface area contributed by atoms with Crippen LogP contribution in [0.25, 0.3) is 0 Å². The van der Waals surface area contributed by atoms with E-state index in [1.165, 1.54) is 6.92 Å². The van der Waals surface area contributed by atoms with Gasteiger partial charge in [-0.15, -0.1) is 0 Å². The Labute approximate surface area is 185 Å². The lowest BCUT2D eigenvalue weighted by molar-refractivity contribution is -0.117. The van der Waals surface area contributed by atoms with Crippen LogP contribution < -0.4 is 14.8 Å². The van der Waals surface area contributed by atoms with E-state index in [0.29, 0.717) is 73.2 Å². The highest BCUT2D eigenvalue weighted by atomic mass is 16.7. The molecule has 1 N–H and O–H groups in total. The molecule has 2 amide bonds. The number of hydrogen-bond acceptors (Lipinski definition) is 7. The third-order valence-electron chi connectivity index (χ3n) is 5.70. The number of likely N-dealkylation sites (tertiary alicyclic amines) is 1. The van der Waals surface area contributed by atoms with Crippen molar-refractivity contribution in [1.82, 2.24) is 4.90 Å². The molecule has 3 heterocycles. The number of methoxy groups -OCH3 is 1. The molecule has 1 saturated heterocycles. The van der Waals surface area contributed by atoms with Gasteiger partial charge >= 0.3 is 0 Å². The minimum atomic E-state index is -0.175. The summed E-state index contributed by atoms with van der Waals surface area (Å²) in [6, 6.07) is 6.62. The van der Waals surface area contributed by atoms with Crippen molar-refractivity contribution in [2.45, 2.75) is 32.8 Å². The Morgan fingerprint density at radius 3 is 2.53 bits per heavy atom. The second kappa shape index (κ2) is 9.44. The zero-order valence-electron chi connectivity index (χ0n) is 18.1. The third kappa shape index (κ3) is 4.77. The first-order valence-electron chi connectivity index (χ1n) is 10.6. The van der Waals surface area contributed by atoms with E-state index in [4.69, 9.17) is 18.6 Å². The largest absolute Gasteiger partial charge is 0.454 e. The Morgan fingerprint density at radius 1 is 1.12 bits per heavy atom. The Balaban J connectivity index is 1.31. The van der Waals surface area contributed by atoms with E-state index in [-0.39, 0.29) is 30.3 Å². The maximum atomic E-state index is 12.7. The van der Waals surface area contributed by atoms with Gasteiger partial charge in [-0.2, -0.15) is 0 Å². The van der Waals surface area contributed by atoms with Crippen LogP contribution in [-0.2, 0) is 16.1 Å². The normalized spacial score (nSPS) is 15.6. The maximum absolute atomic E-state index is 12.7. The number of amides is 2. The Kier molecular flexibility index (Phi) is 6.45. The van der Waals surface area contributed by atoms with Gasteiger partial charge in [0.05, 0.1) is 5.69 Å². The standard InChI is InChI=1S/C23H26N2O7/c1-14(26)17-10-20-21(31-13-30-20)11-18(17)24-22(27)9-15-5-7-25(8-6-15)23(28)19-4-3-16(32-19)12-29-2/h3-4,10-11,15H,5-9,12-13H2,1-2H3,(H,24,27). The number of anilines is 1. The lowest BCUT2D eigenvalue weighted by Crippen LogP contribution is -2.39. The van der Waals surface area contributed by atoms with Crippen molar-refractivity contribution < 1.29 is 33.0 Å². The smallest absolute Gasteiger partial charge is 0.289 e. The third-order valence-corrected chi connectivity index (χ3v) is 5.70. The minimum Gasteiger partial charge on any atom is -0.454 e. The lowest BCUT2D eigenvalue weighted by atomic mass is 9.93. The van der Waals surface area contributed by atoms with Crippen LogP contribution in [-0.4, -0.2) is 49.5 Å². The first-order valence-corrected chi connectivity index (χ1v) is 10.6. The monoisotopic (exact) mass is 442 g/mol. The molecule has 9 nitrogen and oxygen atoms in total. The molecule has 170 valence electrons. The zero-order valence-corrected chi connectivity index (χ0v) is 18.1. The molecule has 9 heteroatoms. The SMILES string of the molecule is COCc1ccc(C(=O)N2CCC(CC(=O)Nc3cc4c(cc3C(C)=O)OCO4)CC2)o1. The van der Waals surface area contributed by atoms with Crippen molar-refractivity contribution in [3.8, 4) is 11.5 Å². The van der Waals surface area contributed by atoms with Crippen LogP contribution in [0.4, 0.5) is 5.69 Å². The van der Waals surface area contributed by atoms with E-state index in [9.17, 15) is 14.4 Å². The van der Waals surface area contributed by atoms with E-state index in [1.807, 2.05) is 0 Å². The molecule has 1 aromatic carbocycles. The Morgan fingerprint density at radius 2 is 1.84 bits per heavy atom. The quantitative estimate of drug-likeness (QED) is 0.656. The Hall–Kier alpha value is -3.33. The number of hydrogen-bond donors (Lipinski definition) is 1. The van der Waals surface area contributed by atoms with Gasteiger partial charge in [0, 0.05) is 38.2 Å². The van der Waals surface area contributed by atoms with Gasteiger partial charge in [0.25, 0.3) is 5.91 Å². The van der Waals surface area contributed by atoms with Crippen molar-refractivity contribution >= 4 is 23.3 Å². The summed E-state index contributed by atoms with van der Waals surface area (Å²) in [6.45, 7) is 2.96. The summed E-state index contributed by atoms with van der Waals surface area (Å²) < 4.78 is 21.2. The van der Waals surface area contributed by atoms with Crippen molar-refractivity contribution in [3.63, 3.8) is 0 Å². The second-order valence-corrected chi connectivity index (χ2v) is 7.99. The van der Waals surface area contributed by atoms with Crippen LogP contribution in [0.5, 0.6) is 11.5 Å². The first-order chi connectivity index (χ1) is 15.4. The molecule has 0 aliphatic carbocycles. The fourth-order valence-electron chi connectivity index (χ4n) is 4.01. The predicted octanol–water partition coefficient (Wildman–Crippen LogP) is 3.24. The van der Waals surface area contributed by atoms with Crippen LogP contribution in [0.3, 0.4) is 0 Å². The molecule has 0 spiro atoms. The van der Waals surface area contributed by atoms with Gasteiger partial charge in [0.2, 0.25) is 12.7 Å². The van der Waals surface area contributed by atoms with Crippen molar-refractivity contribution in [1.29, 1.82) is 0 Å². The average molecular weight is 442 g/mol. The highest BCUT2D eigenvalue weighted by Gasteiger charge is 2.27. The number of ether oxygens (including phenoxy) is 3. The molecule has 0 radical (unpaired) electrons. The molecule has 0 bridgehead atoms. The second-order valence-electron chi connectivity index (χ2n) is 7.99. The number of piperidine rings is 1. The topological polar surface area (TPSA) is 107 Å². The first kappa shape index (κ1) is 21.9. The number of Topliss-reactive ketones (excluding diaryl/α,β-unsaturated/α-hetero) is 1. The van der Waals surface area contributed by atoms with Gasteiger partial charge in [0.15, 0.2) is 23.0 Å². The summed E-state index contributed by atoms with van der Waals surface area (Å²) in [5.41, 5.74) is 0.804. The van der Waals surface area contributed by atoms with Crippen molar-refractivity contribution in [2.75, 3.05) is 32.3 Å². The van der Waals surface area contributed by atoms with Crippen LogP contribution in [0, 0.1) is 5.92 Å². The average Bonchev–Trinajstić information content (AvgIpc) is 3.42. The van der Waals surface area contributed by atoms with Crippen LogP contribution in [0.2, 0.25) is 0 Å². The molecule has 0 atom stereocenters. The van der Waals surface area contributed by atoms with Gasteiger partial charge in [0.1, 0.15) is 12.4 Å². The predicted molar refractivity (Wildman–Crippen MR) is 114 cm³/mol. The van der Waals surface area contributed by atoms with E-state index in [0.717, 1.165) is 0 Å². The summed E-state index contributed by atoms with van der Waals surface area (Å²) in [7, 11) is 1.57. The number of nitrogens with zero attached hydrogens (tertiary/aromatic N) is 1. The minimum absolute atomic E-state index is 0.0903. The molecule has 4 rings (SSSR count). The lowest BCUT2D eigenvalue weighted by Gasteiger charge is -2.31. The fraction of sp³-hybridized carbons (Fsp3) is 0.435. The van der Waals surface area contributed by atoms with Gasteiger partial charge in [-0.25, -0.2) is 0 Å². The van der Waals surface area contributed by atoms with Crippen LogP contribution >= 0.6 is 0 Å². The van der Waals surface area contributed by atoms with E-state index < -0.39 is 0 Å². The molecule has 2 aliphatic heterocycles. The highest BCUT2D eigenvalue weighted by molar-refractivity contribution is 6.04. The van der Waals surface area contributed by atoms with Crippen LogP contribution in [0.15, 0.2) is 28.7 Å². The summed E-state index contributed by atoms with van der Waals surface area (Å²) in [5.74, 6) is 1.56. The fourth-order valence-corrected chi connectivity index (χ4v) is 4.01. The highest BCUT2D eigenvalue weighted by Crippen LogP contribution is 2.37. The Bertz CT molecular complexity index is 1020. The van der Waals surface area contributed by atoms with Crippen LogP contribution in [0.1, 0.15) is 52.9 Å². The molecular formula is C23H26N2O7. The number of benzene rings is 1. The van der Waals surface area contributed by atoms with E-state index >= 15 is 0 Å². The summed E-state index contributed by atoms with van der Waals surface area (Å²) in [6.07, 6.45) is 1.74. The maximum Gasteiger partial charge on any atom is 0.289 e. The van der Waals surface area contributed by atoms with Gasteiger partial charge in [-0.3, -0.25) is 14.4 Å². The molecule has 32 heavy (non-hydrogen) atoms. The number of fused-ring (bicyclic) bond motifs is 1. The van der Waals surface area contributed by atoms with Gasteiger partial charge in [-0.05, 0) is 43.9 Å². The number of carbonyl (C=O) groups is 3. The summed E-state index contributed by atoms with van der Waals surface area (Å²) in [5, 5.41) is 2.84. The number of nitrogens with one attached hydrogen (secondary N) is 1. The van der Waals surface area contributed by atoms with Crippen molar-refractivity contribution in [2.24, 2.45) is 5.92 Å². The summed E-state index contributed by atoms with van der Waals surface area (Å²) in [4.78, 5) is 39.0. The molecule has 0 saturated carbocycles. The van der Waals surface area contributed by atoms with Gasteiger partial charge < -0.3 is 28.8 Å². The van der Waals surface area contributed by atoms with E-state index in [1.54, 1.807) is 36.3 Å².